The standard InChI is InChI=1S/C27H31N3O4/c1-6-33-25-10-8-7-9-24(25)28-27(32)21(5)34-26(31)16-15-23-19(3)29-30(20(23)4)17-22-13-11-18(2)12-14-22/h7-16,21H,6,17H2,1-5H3,(H,28,32)/b16-15+. The molecule has 0 aliphatic rings. The fraction of sp³-hybridized carbons (Fsp3) is 0.296. The number of aromatic nitrogens is 2. The highest BCUT2D eigenvalue weighted by Gasteiger charge is 2.18. The molecule has 1 atom stereocenters. The molecule has 7 nitrogen and oxygen atoms in total. The van der Waals surface area contributed by atoms with Crippen LogP contribution in [0.3, 0.4) is 0 Å². The molecule has 34 heavy (non-hydrogen) atoms. The predicted molar refractivity (Wildman–Crippen MR) is 133 cm³/mol. The summed E-state index contributed by atoms with van der Waals surface area (Å²) < 4.78 is 12.7. The molecule has 1 aromatic heterocycles. The van der Waals surface area contributed by atoms with Gasteiger partial charge in [0.05, 0.1) is 24.5 Å². The summed E-state index contributed by atoms with van der Waals surface area (Å²) in [6.45, 7) is 10.4. The van der Waals surface area contributed by atoms with E-state index in [4.69, 9.17) is 9.47 Å². The number of anilines is 1. The molecule has 0 radical (unpaired) electrons. The minimum Gasteiger partial charge on any atom is -0.492 e. The normalized spacial score (nSPS) is 11.9. The molecule has 1 heterocycles. The second-order valence-corrected chi connectivity index (χ2v) is 8.06. The summed E-state index contributed by atoms with van der Waals surface area (Å²) in [5.41, 5.74) is 5.50. The Kier molecular flexibility index (Phi) is 8.24. The third-order valence-electron chi connectivity index (χ3n) is 5.38. The minimum atomic E-state index is -0.974. The number of ether oxygens (including phenoxy) is 2. The van der Waals surface area contributed by atoms with E-state index < -0.39 is 18.0 Å². The van der Waals surface area contributed by atoms with E-state index in [1.54, 1.807) is 24.3 Å². The number of para-hydroxylation sites is 2. The number of benzene rings is 2. The highest BCUT2D eigenvalue weighted by atomic mass is 16.5. The average Bonchev–Trinajstić information content (AvgIpc) is 3.07. The molecular weight excluding hydrogens is 430 g/mol. The van der Waals surface area contributed by atoms with Crippen LogP contribution in [0.2, 0.25) is 0 Å². The first-order valence-electron chi connectivity index (χ1n) is 11.3. The smallest absolute Gasteiger partial charge is 0.331 e. The molecule has 7 heteroatoms. The molecule has 1 amide bonds. The first-order valence-corrected chi connectivity index (χ1v) is 11.3. The van der Waals surface area contributed by atoms with E-state index >= 15 is 0 Å². The Morgan fingerprint density at radius 3 is 2.50 bits per heavy atom. The fourth-order valence-corrected chi connectivity index (χ4v) is 3.48. The molecule has 2 aromatic carbocycles. The summed E-state index contributed by atoms with van der Waals surface area (Å²) in [4.78, 5) is 24.9. The van der Waals surface area contributed by atoms with Crippen molar-refractivity contribution >= 4 is 23.6 Å². The molecule has 0 bridgehead atoms. The van der Waals surface area contributed by atoms with Crippen molar-refractivity contribution in [1.82, 2.24) is 9.78 Å². The lowest BCUT2D eigenvalue weighted by Gasteiger charge is -2.15. The van der Waals surface area contributed by atoms with Crippen LogP contribution in [-0.2, 0) is 20.9 Å². The molecule has 0 aliphatic heterocycles. The van der Waals surface area contributed by atoms with Crippen LogP contribution in [-0.4, -0.2) is 34.4 Å². The van der Waals surface area contributed by atoms with Gasteiger partial charge in [-0.05, 0) is 58.4 Å². The monoisotopic (exact) mass is 461 g/mol. The number of hydrogen-bond acceptors (Lipinski definition) is 5. The summed E-state index contributed by atoms with van der Waals surface area (Å²) in [5, 5.41) is 7.35. The van der Waals surface area contributed by atoms with Crippen LogP contribution in [0.5, 0.6) is 5.75 Å². The molecule has 3 rings (SSSR count). The number of nitrogens with one attached hydrogen (secondary N) is 1. The number of rotatable bonds is 9. The number of carbonyl (C=O) groups is 2. The van der Waals surface area contributed by atoms with Gasteiger partial charge in [0.25, 0.3) is 5.91 Å². The van der Waals surface area contributed by atoms with Gasteiger partial charge in [-0.1, -0.05) is 42.0 Å². The maximum atomic E-state index is 12.5. The first-order chi connectivity index (χ1) is 16.3. The summed E-state index contributed by atoms with van der Waals surface area (Å²) in [6, 6.07) is 15.4. The summed E-state index contributed by atoms with van der Waals surface area (Å²) in [5.74, 6) is -0.483. The SMILES string of the molecule is CCOc1ccccc1NC(=O)C(C)OC(=O)/C=C/c1c(C)nn(Cc2ccc(C)cc2)c1C. The van der Waals surface area contributed by atoms with Crippen LogP contribution in [0.15, 0.2) is 54.6 Å². The van der Waals surface area contributed by atoms with Gasteiger partial charge in [0.1, 0.15) is 5.75 Å². The number of hydrogen-bond donors (Lipinski definition) is 1. The van der Waals surface area contributed by atoms with Crippen LogP contribution in [0.25, 0.3) is 6.08 Å². The second kappa shape index (κ2) is 11.3. The molecular formula is C27H31N3O4. The van der Waals surface area contributed by atoms with E-state index in [0.717, 1.165) is 22.5 Å². The zero-order valence-electron chi connectivity index (χ0n) is 20.3. The Morgan fingerprint density at radius 1 is 1.09 bits per heavy atom. The molecule has 178 valence electrons. The highest BCUT2D eigenvalue weighted by molar-refractivity contribution is 5.97. The topological polar surface area (TPSA) is 82.4 Å². The van der Waals surface area contributed by atoms with Gasteiger partial charge in [-0.2, -0.15) is 5.10 Å². The number of carbonyl (C=O) groups excluding carboxylic acids is 2. The van der Waals surface area contributed by atoms with Crippen molar-refractivity contribution in [3.8, 4) is 5.75 Å². The van der Waals surface area contributed by atoms with Crippen LogP contribution in [0.4, 0.5) is 5.69 Å². The Bertz CT molecular complexity index is 1180. The van der Waals surface area contributed by atoms with Crippen LogP contribution in [0, 0.1) is 20.8 Å². The fourth-order valence-electron chi connectivity index (χ4n) is 3.48. The Morgan fingerprint density at radius 2 is 1.79 bits per heavy atom. The number of nitrogens with zero attached hydrogens (tertiary/aromatic N) is 2. The van der Waals surface area contributed by atoms with Gasteiger partial charge in [0, 0.05) is 17.3 Å². The lowest BCUT2D eigenvalue weighted by molar-refractivity contribution is -0.148. The highest BCUT2D eigenvalue weighted by Crippen LogP contribution is 2.24. The minimum absolute atomic E-state index is 0.438. The Balaban J connectivity index is 1.61. The van der Waals surface area contributed by atoms with Crippen molar-refractivity contribution in [3.05, 3.63) is 82.7 Å². The van der Waals surface area contributed by atoms with Gasteiger partial charge < -0.3 is 14.8 Å². The zero-order valence-corrected chi connectivity index (χ0v) is 20.3. The van der Waals surface area contributed by atoms with Crippen molar-refractivity contribution in [2.24, 2.45) is 0 Å². The first kappa shape index (κ1) is 24.8. The maximum absolute atomic E-state index is 12.5. The lowest BCUT2D eigenvalue weighted by atomic mass is 10.1. The van der Waals surface area contributed by atoms with Crippen molar-refractivity contribution in [2.45, 2.75) is 47.3 Å². The average molecular weight is 462 g/mol. The summed E-state index contributed by atoms with van der Waals surface area (Å²) in [7, 11) is 0. The third-order valence-corrected chi connectivity index (χ3v) is 5.38. The van der Waals surface area contributed by atoms with Crippen LogP contribution >= 0.6 is 0 Å². The lowest BCUT2D eigenvalue weighted by Crippen LogP contribution is -2.29. The van der Waals surface area contributed by atoms with Gasteiger partial charge in [0.2, 0.25) is 0 Å². The molecule has 1 unspecified atom stereocenters. The Hall–Kier alpha value is -3.87. The summed E-state index contributed by atoms with van der Waals surface area (Å²) >= 11 is 0. The van der Waals surface area contributed by atoms with Crippen molar-refractivity contribution in [1.29, 1.82) is 0 Å². The largest absolute Gasteiger partial charge is 0.492 e. The molecule has 0 fully saturated rings. The molecule has 0 spiro atoms. The third kappa shape index (κ3) is 6.34. The quantitative estimate of drug-likeness (QED) is 0.364. The summed E-state index contributed by atoms with van der Waals surface area (Å²) in [6.07, 6.45) is 2.03. The van der Waals surface area contributed by atoms with E-state index in [1.165, 1.54) is 18.6 Å². The van der Waals surface area contributed by atoms with Gasteiger partial charge in [-0.25, -0.2) is 4.79 Å². The molecule has 0 aliphatic carbocycles. The van der Waals surface area contributed by atoms with Crippen molar-refractivity contribution in [3.63, 3.8) is 0 Å². The van der Waals surface area contributed by atoms with Gasteiger partial charge >= 0.3 is 5.97 Å². The van der Waals surface area contributed by atoms with E-state index in [-0.39, 0.29) is 0 Å². The van der Waals surface area contributed by atoms with Crippen LogP contribution in [0.1, 0.15) is 41.9 Å². The predicted octanol–water partition coefficient (Wildman–Crippen LogP) is 4.84. The van der Waals surface area contributed by atoms with E-state index in [2.05, 4.69) is 41.6 Å². The number of amides is 1. The van der Waals surface area contributed by atoms with Crippen LogP contribution < -0.4 is 10.1 Å². The number of aryl methyl sites for hydroxylation is 2. The van der Waals surface area contributed by atoms with Gasteiger partial charge in [-0.15, -0.1) is 0 Å². The zero-order chi connectivity index (χ0) is 24.7. The van der Waals surface area contributed by atoms with E-state index in [9.17, 15) is 9.59 Å². The van der Waals surface area contributed by atoms with Gasteiger partial charge in [-0.3, -0.25) is 9.48 Å². The van der Waals surface area contributed by atoms with Gasteiger partial charge in [0.15, 0.2) is 6.10 Å². The Labute approximate surface area is 200 Å². The molecule has 3 aromatic rings. The van der Waals surface area contributed by atoms with E-state index in [0.29, 0.717) is 24.6 Å². The van der Waals surface area contributed by atoms with Crippen molar-refractivity contribution < 1.29 is 19.1 Å². The number of esters is 1. The maximum Gasteiger partial charge on any atom is 0.331 e. The molecule has 0 saturated carbocycles. The molecule has 0 saturated heterocycles. The molecule has 1 N–H and O–H groups in total. The second-order valence-electron chi connectivity index (χ2n) is 8.06. The van der Waals surface area contributed by atoms with Crippen molar-refractivity contribution in [2.75, 3.05) is 11.9 Å². The van der Waals surface area contributed by atoms with E-state index in [1.807, 2.05) is 31.5 Å².